The number of anilines is 1. The van der Waals surface area contributed by atoms with E-state index in [2.05, 4.69) is 20.5 Å². The first-order valence-electron chi connectivity index (χ1n) is 4.19. The Balaban J connectivity index is 2.10. The van der Waals surface area contributed by atoms with Gasteiger partial charge in [0.15, 0.2) is 0 Å². The Bertz CT molecular complexity index is 490. The number of amides is 1. The zero-order valence-electron chi connectivity index (χ0n) is 8.14. The second kappa shape index (κ2) is 4.03. The topological polar surface area (TPSA) is 67.8 Å². The highest BCUT2D eigenvalue weighted by Crippen LogP contribution is 2.15. The minimum absolute atomic E-state index is 0.240. The van der Waals surface area contributed by atoms with Gasteiger partial charge in [-0.3, -0.25) is 10.1 Å². The van der Waals surface area contributed by atoms with Crippen LogP contribution in [0.25, 0.3) is 0 Å². The molecule has 0 saturated heterocycles. The normalized spacial score (nSPS) is 10.3. The first kappa shape index (κ1) is 10.2. The van der Waals surface area contributed by atoms with Crippen LogP contribution >= 0.6 is 22.7 Å². The molecule has 7 heteroatoms. The standard InChI is InChI=1S/C8H8N4OS2/c1-4-9-6(3-14-4)7(13)10-8-12-11-5(2)15-8/h3H,1-2H3,(H,10,12,13). The highest BCUT2D eigenvalue weighted by Gasteiger charge is 2.11. The van der Waals surface area contributed by atoms with Crippen molar-refractivity contribution in [2.24, 2.45) is 0 Å². The number of hydrogen-bond donors (Lipinski definition) is 1. The van der Waals surface area contributed by atoms with Gasteiger partial charge in [-0.15, -0.1) is 21.5 Å². The van der Waals surface area contributed by atoms with E-state index in [0.717, 1.165) is 10.0 Å². The van der Waals surface area contributed by atoms with E-state index in [1.54, 1.807) is 5.38 Å². The summed E-state index contributed by atoms with van der Waals surface area (Å²) in [7, 11) is 0. The lowest BCUT2D eigenvalue weighted by molar-refractivity contribution is 0.102. The monoisotopic (exact) mass is 240 g/mol. The van der Waals surface area contributed by atoms with Crippen molar-refractivity contribution in [3.63, 3.8) is 0 Å². The Labute approximate surface area is 94.2 Å². The molecule has 78 valence electrons. The molecular weight excluding hydrogens is 232 g/mol. The number of rotatable bonds is 2. The average Bonchev–Trinajstić information content (AvgIpc) is 2.75. The Hall–Kier alpha value is -1.34. The van der Waals surface area contributed by atoms with Gasteiger partial charge in [0.25, 0.3) is 5.91 Å². The molecular formula is C8H8N4OS2. The highest BCUT2D eigenvalue weighted by molar-refractivity contribution is 7.15. The summed E-state index contributed by atoms with van der Waals surface area (Å²) in [5.41, 5.74) is 0.422. The van der Waals surface area contributed by atoms with Crippen LogP contribution in [0, 0.1) is 13.8 Å². The predicted octanol–water partition coefficient (Wildman–Crippen LogP) is 1.86. The molecule has 0 saturated carbocycles. The molecule has 15 heavy (non-hydrogen) atoms. The fourth-order valence-electron chi connectivity index (χ4n) is 0.976. The SMILES string of the molecule is Cc1nc(C(=O)Nc2nnc(C)s2)cs1. The Morgan fingerprint density at radius 3 is 2.67 bits per heavy atom. The summed E-state index contributed by atoms with van der Waals surface area (Å²) in [5, 5.41) is 14.2. The maximum atomic E-state index is 11.6. The van der Waals surface area contributed by atoms with Crippen molar-refractivity contribution in [2.45, 2.75) is 13.8 Å². The van der Waals surface area contributed by atoms with Crippen molar-refractivity contribution in [3.8, 4) is 0 Å². The molecule has 0 aliphatic rings. The molecule has 2 aromatic rings. The van der Waals surface area contributed by atoms with Crippen LogP contribution in [0.1, 0.15) is 20.5 Å². The van der Waals surface area contributed by atoms with Crippen molar-refractivity contribution in [3.05, 3.63) is 21.1 Å². The van der Waals surface area contributed by atoms with Crippen LogP contribution in [0.4, 0.5) is 5.13 Å². The molecule has 0 radical (unpaired) electrons. The number of carbonyl (C=O) groups is 1. The van der Waals surface area contributed by atoms with Crippen LogP contribution in [0.3, 0.4) is 0 Å². The molecule has 0 aliphatic carbocycles. The molecule has 0 fully saturated rings. The minimum Gasteiger partial charge on any atom is -0.295 e. The molecule has 0 aromatic carbocycles. The van der Waals surface area contributed by atoms with Gasteiger partial charge < -0.3 is 0 Å². The summed E-state index contributed by atoms with van der Waals surface area (Å²) in [6.45, 7) is 3.69. The summed E-state index contributed by atoms with van der Waals surface area (Å²) in [6.07, 6.45) is 0. The molecule has 2 aromatic heterocycles. The van der Waals surface area contributed by atoms with E-state index in [1.165, 1.54) is 22.7 Å². The van der Waals surface area contributed by atoms with Crippen molar-refractivity contribution < 1.29 is 4.79 Å². The smallest absolute Gasteiger partial charge is 0.276 e. The van der Waals surface area contributed by atoms with E-state index >= 15 is 0 Å². The molecule has 0 bridgehead atoms. The van der Waals surface area contributed by atoms with E-state index in [9.17, 15) is 4.79 Å². The van der Waals surface area contributed by atoms with E-state index in [-0.39, 0.29) is 5.91 Å². The van der Waals surface area contributed by atoms with Crippen LogP contribution in [0.2, 0.25) is 0 Å². The summed E-state index contributed by atoms with van der Waals surface area (Å²) in [4.78, 5) is 15.7. The van der Waals surface area contributed by atoms with Gasteiger partial charge in [0.1, 0.15) is 10.7 Å². The third kappa shape index (κ3) is 2.37. The largest absolute Gasteiger partial charge is 0.295 e. The first-order valence-corrected chi connectivity index (χ1v) is 5.88. The lowest BCUT2D eigenvalue weighted by Crippen LogP contribution is -2.12. The summed E-state index contributed by atoms with van der Waals surface area (Å²) in [5.74, 6) is -0.240. The predicted molar refractivity (Wildman–Crippen MR) is 59.5 cm³/mol. The fourth-order valence-corrected chi connectivity index (χ4v) is 2.16. The molecule has 1 amide bonds. The molecule has 5 nitrogen and oxygen atoms in total. The van der Waals surface area contributed by atoms with Crippen LogP contribution in [-0.4, -0.2) is 21.1 Å². The summed E-state index contributed by atoms with van der Waals surface area (Å²) < 4.78 is 0. The maximum absolute atomic E-state index is 11.6. The van der Waals surface area contributed by atoms with Gasteiger partial charge in [-0.25, -0.2) is 4.98 Å². The second-order valence-electron chi connectivity index (χ2n) is 2.83. The molecule has 0 aliphatic heterocycles. The van der Waals surface area contributed by atoms with Gasteiger partial charge in [0, 0.05) is 5.38 Å². The molecule has 2 rings (SSSR count). The summed E-state index contributed by atoms with van der Waals surface area (Å²) in [6, 6.07) is 0. The van der Waals surface area contributed by atoms with Gasteiger partial charge in [0.2, 0.25) is 5.13 Å². The molecule has 0 spiro atoms. The van der Waals surface area contributed by atoms with Crippen LogP contribution in [0.5, 0.6) is 0 Å². The molecule has 2 heterocycles. The first-order chi connectivity index (χ1) is 7.15. The number of carbonyl (C=O) groups excluding carboxylic acids is 1. The minimum atomic E-state index is -0.240. The molecule has 0 unspecified atom stereocenters. The number of hydrogen-bond acceptors (Lipinski definition) is 6. The molecule has 0 atom stereocenters. The van der Waals surface area contributed by atoms with Gasteiger partial charge >= 0.3 is 0 Å². The third-order valence-electron chi connectivity index (χ3n) is 1.60. The Morgan fingerprint density at radius 2 is 2.13 bits per heavy atom. The van der Waals surface area contributed by atoms with Gasteiger partial charge in [-0.2, -0.15) is 0 Å². The van der Waals surface area contributed by atoms with Crippen molar-refractivity contribution in [1.82, 2.24) is 15.2 Å². The number of thiazole rings is 1. The highest BCUT2D eigenvalue weighted by atomic mass is 32.1. The zero-order chi connectivity index (χ0) is 10.8. The maximum Gasteiger partial charge on any atom is 0.276 e. The quantitative estimate of drug-likeness (QED) is 0.870. The van der Waals surface area contributed by atoms with Crippen LogP contribution in [0.15, 0.2) is 5.38 Å². The number of aromatic nitrogens is 3. The molecule has 1 N–H and O–H groups in total. The van der Waals surface area contributed by atoms with Crippen molar-refractivity contribution >= 4 is 33.7 Å². The van der Waals surface area contributed by atoms with Gasteiger partial charge in [-0.1, -0.05) is 11.3 Å². The van der Waals surface area contributed by atoms with E-state index in [0.29, 0.717) is 10.8 Å². The van der Waals surface area contributed by atoms with Crippen molar-refractivity contribution in [1.29, 1.82) is 0 Å². The van der Waals surface area contributed by atoms with Crippen molar-refractivity contribution in [2.75, 3.05) is 5.32 Å². The lowest BCUT2D eigenvalue weighted by Gasteiger charge is -1.95. The van der Waals surface area contributed by atoms with E-state index in [4.69, 9.17) is 0 Å². The second-order valence-corrected chi connectivity index (χ2v) is 5.08. The van der Waals surface area contributed by atoms with E-state index in [1.807, 2.05) is 13.8 Å². The Morgan fingerprint density at radius 1 is 1.33 bits per heavy atom. The Kier molecular flexibility index (Phi) is 2.74. The van der Waals surface area contributed by atoms with E-state index < -0.39 is 0 Å². The summed E-state index contributed by atoms with van der Waals surface area (Å²) >= 11 is 2.78. The van der Waals surface area contributed by atoms with Gasteiger partial charge in [0.05, 0.1) is 5.01 Å². The van der Waals surface area contributed by atoms with Crippen LogP contribution in [-0.2, 0) is 0 Å². The zero-order valence-corrected chi connectivity index (χ0v) is 9.78. The van der Waals surface area contributed by atoms with Crippen LogP contribution < -0.4 is 5.32 Å². The number of nitrogens with one attached hydrogen (secondary N) is 1. The third-order valence-corrected chi connectivity index (χ3v) is 3.13. The fraction of sp³-hybridized carbons (Fsp3) is 0.250. The number of aryl methyl sites for hydroxylation is 2. The van der Waals surface area contributed by atoms with Gasteiger partial charge in [-0.05, 0) is 13.8 Å². The number of nitrogens with zero attached hydrogens (tertiary/aromatic N) is 3. The average molecular weight is 240 g/mol. The lowest BCUT2D eigenvalue weighted by atomic mass is 10.5.